The van der Waals surface area contributed by atoms with E-state index in [9.17, 15) is 0 Å². The van der Waals surface area contributed by atoms with Crippen LogP contribution >= 0.6 is 0 Å². The normalized spacial score (nSPS) is 16.9. The lowest BCUT2D eigenvalue weighted by Gasteiger charge is -2.23. The van der Waals surface area contributed by atoms with Gasteiger partial charge in [0.05, 0.1) is 6.61 Å². The number of rotatable bonds is 17. The zero-order valence-electron chi connectivity index (χ0n) is 16.6. The molecule has 1 rings (SSSR count). The summed E-state index contributed by atoms with van der Waals surface area (Å²) in [5.74, 6) is 0. The number of allylic oxidation sites excluding steroid dienone is 1. The minimum atomic E-state index is 0.213. The van der Waals surface area contributed by atoms with Crippen molar-refractivity contribution in [1.29, 1.82) is 0 Å². The summed E-state index contributed by atoms with van der Waals surface area (Å²) >= 11 is 0. The highest BCUT2D eigenvalue weighted by Crippen LogP contribution is 2.13. The molecule has 0 saturated heterocycles. The Morgan fingerprint density at radius 1 is 0.880 bits per heavy atom. The summed E-state index contributed by atoms with van der Waals surface area (Å²) in [5.41, 5.74) is 0. The van der Waals surface area contributed by atoms with Gasteiger partial charge in [0, 0.05) is 25.4 Å². The van der Waals surface area contributed by atoms with Crippen molar-refractivity contribution >= 4 is 0 Å². The second kappa shape index (κ2) is 16.5. The van der Waals surface area contributed by atoms with E-state index in [4.69, 9.17) is 5.11 Å². The van der Waals surface area contributed by atoms with Crippen LogP contribution in [-0.4, -0.2) is 29.3 Å². The van der Waals surface area contributed by atoms with Gasteiger partial charge in [-0.15, -0.1) is 0 Å². The van der Waals surface area contributed by atoms with Crippen LogP contribution in [-0.2, 0) is 0 Å². The van der Waals surface area contributed by atoms with Crippen molar-refractivity contribution in [2.45, 2.75) is 103 Å². The largest absolute Gasteiger partial charge is 0.395 e. The van der Waals surface area contributed by atoms with E-state index in [0.717, 1.165) is 6.42 Å². The molecule has 0 aromatic heterocycles. The van der Waals surface area contributed by atoms with Crippen molar-refractivity contribution in [2.75, 3.05) is 13.2 Å². The number of nitrogens with zero attached hydrogens (tertiary/aromatic N) is 1. The first-order chi connectivity index (χ1) is 12.4. The molecule has 2 N–H and O–H groups in total. The van der Waals surface area contributed by atoms with Gasteiger partial charge in [-0.2, -0.15) is 0 Å². The maximum absolute atomic E-state index is 9.03. The highest BCUT2D eigenvalue weighted by molar-refractivity contribution is 4.97. The first kappa shape index (κ1) is 22.1. The third-order valence-corrected chi connectivity index (χ3v) is 5.06. The molecule has 0 bridgehead atoms. The predicted octanol–water partition coefficient (Wildman–Crippen LogP) is 5.72. The molecule has 1 aliphatic rings. The predicted molar refractivity (Wildman–Crippen MR) is 109 cm³/mol. The molecule has 146 valence electrons. The molecule has 1 unspecified atom stereocenters. The molecule has 1 aliphatic heterocycles. The topological polar surface area (TPSA) is 35.5 Å². The minimum Gasteiger partial charge on any atom is -0.395 e. The van der Waals surface area contributed by atoms with Crippen molar-refractivity contribution in [1.82, 2.24) is 10.2 Å². The maximum Gasteiger partial charge on any atom is 0.102 e. The summed E-state index contributed by atoms with van der Waals surface area (Å²) in [4.78, 5) is 2.16. The Kier molecular flexibility index (Phi) is 14.6. The zero-order valence-corrected chi connectivity index (χ0v) is 16.6. The number of nitrogens with one attached hydrogen (secondary N) is 1. The first-order valence-corrected chi connectivity index (χ1v) is 10.8. The van der Waals surface area contributed by atoms with Crippen LogP contribution in [0.1, 0.15) is 96.8 Å². The van der Waals surface area contributed by atoms with Gasteiger partial charge in [-0.25, -0.2) is 0 Å². The number of hydrogen-bond donors (Lipinski definition) is 2. The molecule has 25 heavy (non-hydrogen) atoms. The van der Waals surface area contributed by atoms with Crippen molar-refractivity contribution in [3.05, 3.63) is 24.6 Å². The third kappa shape index (κ3) is 12.1. The Morgan fingerprint density at radius 3 is 2.08 bits per heavy atom. The number of hydrogen-bond acceptors (Lipinski definition) is 3. The standard InChI is InChI=1S/C22H42N2O/c1-2-3-4-5-6-7-8-9-10-11-12-13-14-15-16-17-22-23-18-19-24(22)20-21-25/h15-16,18-19,22-23,25H,2-14,17,20-21H2,1H3/b16-15+. The van der Waals surface area contributed by atoms with Gasteiger partial charge >= 0.3 is 0 Å². The number of aliphatic hydroxyl groups excluding tert-OH is 1. The SMILES string of the molecule is CCCCCCCCCCCCCC/C=C/CC1NC=CN1CCO. The fourth-order valence-corrected chi connectivity index (χ4v) is 3.44. The highest BCUT2D eigenvalue weighted by atomic mass is 16.3. The van der Waals surface area contributed by atoms with Gasteiger partial charge < -0.3 is 15.3 Å². The van der Waals surface area contributed by atoms with Gasteiger partial charge in [0.25, 0.3) is 0 Å². The molecule has 0 saturated carbocycles. The van der Waals surface area contributed by atoms with E-state index >= 15 is 0 Å². The molecule has 3 nitrogen and oxygen atoms in total. The van der Waals surface area contributed by atoms with Crippen LogP contribution in [0.4, 0.5) is 0 Å². The molecule has 0 aromatic rings. The van der Waals surface area contributed by atoms with Crippen LogP contribution in [0, 0.1) is 0 Å². The molecule has 0 aromatic carbocycles. The van der Waals surface area contributed by atoms with Crippen LogP contribution in [0.5, 0.6) is 0 Å². The van der Waals surface area contributed by atoms with E-state index in [1.807, 2.05) is 12.4 Å². The Labute approximate surface area is 156 Å². The second-order valence-corrected chi connectivity index (χ2v) is 7.34. The van der Waals surface area contributed by atoms with Gasteiger partial charge in [0.1, 0.15) is 6.17 Å². The second-order valence-electron chi connectivity index (χ2n) is 7.34. The van der Waals surface area contributed by atoms with Crippen LogP contribution in [0.2, 0.25) is 0 Å². The third-order valence-electron chi connectivity index (χ3n) is 5.06. The van der Waals surface area contributed by atoms with Crippen molar-refractivity contribution in [3.63, 3.8) is 0 Å². The summed E-state index contributed by atoms with van der Waals surface area (Å²) in [6, 6.07) is 0. The van der Waals surface area contributed by atoms with Gasteiger partial charge in [-0.3, -0.25) is 0 Å². The Morgan fingerprint density at radius 2 is 1.48 bits per heavy atom. The fourth-order valence-electron chi connectivity index (χ4n) is 3.44. The lowest BCUT2D eigenvalue weighted by molar-refractivity contribution is 0.202. The van der Waals surface area contributed by atoms with Gasteiger partial charge in [0.2, 0.25) is 0 Å². The summed E-state index contributed by atoms with van der Waals surface area (Å²) in [6.45, 7) is 3.21. The average Bonchev–Trinajstić information content (AvgIpc) is 3.06. The van der Waals surface area contributed by atoms with Gasteiger partial charge in [-0.1, -0.05) is 89.7 Å². The number of β-amino-alcohol motifs (C(OH)–C–C–N with tert-alkyl or cyclic N) is 1. The van der Waals surface area contributed by atoms with Crippen LogP contribution in [0.25, 0.3) is 0 Å². The van der Waals surface area contributed by atoms with E-state index in [1.165, 1.54) is 83.5 Å². The lowest BCUT2D eigenvalue weighted by Crippen LogP contribution is -2.36. The summed E-state index contributed by atoms with van der Waals surface area (Å²) in [5, 5.41) is 12.4. The number of unbranched alkanes of at least 4 members (excludes halogenated alkanes) is 12. The summed E-state index contributed by atoms with van der Waals surface area (Å²) in [7, 11) is 0. The first-order valence-electron chi connectivity index (χ1n) is 10.8. The maximum atomic E-state index is 9.03. The summed E-state index contributed by atoms with van der Waals surface area (Å²) in [6.07, 6.45) is 28.1. The van der Waals surface area contributed by atoms with Gasteiger partial charge in [0.15, 0.2) is 0 Å². The van der Waals surface area contributed by atoms with E-state index in [1.54, 1.807) is 0 Å². The molecule has 0 aliphatic carbocycles. The quantitative estimate of drug-likeness (QED) is 0.260. The van der Waals surface area contributed by atoms with Crippen molar-refractivity contribution in [2.24, 2.45) is 0 Å². The molecule has 1 heterocycles. The van der Waals surface area contributed by atoms with Crippen LogP contribution in [0.15, 0.2) is 24.6 Å². The number of aliphatic hydroxyl groups is 1. The Hall–Kier alpha value is -0.960. The van der Waals surface area contributed by atoms with Gasteiger partial charge in [-0.05, 0) is 12.8 Å². The molecule has 0 amide bonds. The molecular weight excluding hydrogens is 308 g/mol. The molecule has 0 fully saturated rings. The monoisotopic (exact) mass is 350 g/mol. The minimum absolute atomic E-state index is 0.213. The molecule has 0 radical (unpaired) electrons. The van der Waals surface area contributed by atoms with E-state index < -0.39 is 0 Å². The fraction of sp³-hybridized carbons (Fsp3) is 0.818. The van der Waals surface area contributed by atoms with E-state index in [0.29, 0.717) is 12.7 Å². The van der Waals surface area contributed by atoms with E-state index in [-0.39, 0.29) is 6.61 Å². The summed E-state index contributed by atoms with van der Waals surface area (Å²) < 4.78 is 0. The van der Waals surface area contributed by atoms with E-state index in [2.05, 4.69) is 29.3 Å². The molecular formula is C22H42N2O. The van der Waals surface area contributed by atoms with Crippen molar-refractivity contribution < 1.29 is 5.11 Å². The average molecular weight is 351 g/mol. The Balaban J connectivity index is 1.81. The smallest absolute Gasteiger partial charge is 0.102 e. The molecule has 0 spiro atoms. The van der Waals surface area contributed by atoms with Crippen LogP contribution in [0.3, 0.4) is 0 Å². The molecule has 1 atom stereocenters. The zero-order chi connectivity index (χ0) is 18.0. The lowest BCUT2D eigenvalue weighted by atomic mass is 10.0. The van der Waals surface area contributed by atoms with Crippen LogP contribution < -0.4 is 5.32 Å². The van der Waals surface area contributed by atoms with Crippen molar-refractivity contribution in [3.8, 4) is 0 Å². The highest BCUT2D eigenvalue weighted by Gasteiger charge is 2.15. The molecule has 3 heteroatoms. The Bertz CT molecular complexity index is 341.